The highest BCUT2D eigenvalue weighted by atomic mass is 16.2. The van der Waals surface area contributed by atoms with Gasteiger partial charge in [-0.15, -0.1) is 0 Å². The fraction of sp³-hybridized carbons (Fsp3) is 0.125. The molecule has 7 heteroatoms. The van der Waals surface area contributed by atoms with Gasteiger partial charge in [-0.1, -0.05) is 0 Å². The number of carbonyl (C=O) groups excluding carboxylic acids is 3. The van der Waals surface area contributed by atoms with Crippen molar-refractivity contribution in [2.45, 2.75) is 6.54 Å². The Morgan fingerprint density at radius 1 is 1.33 bits per heavy atom. The summed E-state index contributed by atoms with van der Waals surface area (Å²) in [6.07, 6.45) is 2.79. The highest BCUT2D eigenvalue weighted by Crippen LogP contribution is 2.05. The summed E-state index contributed by atoms with van der Waals surface area (Å²) in [6.45, 7) is -0.0288. The number of rotatable bonds is 2. The molecule has 0 bridgehead atoms. The van der Waals surface area contributed by atoms with Gasteiger partial charge in [-0.25, -0.2) is 19.7 Å². The fourth-order valence-corrected chi connectivity index (χ4v) is 1.15. The fourth-order valence-electron chi connectivity index (χ4n) is 1.15. The van der Waals surface area contributed by atoms with E-state index in [0.717, 1.165) is 4.90 Å². The lowest BCUT2D eigenvalue weighted by Gasteiger charge is -2.09. The number of urea groups is 1. The maximum Gasteiger partial charge on any atom is 0.331 e. The van der Waals surface area contributed by atoms with E-state index in [9.17, 15) is 14.4 Å². The molecule has 4 amide bonds. The van der Waals surface area contributed by atoms with Crippen LogP contribution < -0.4 is 5.32 Å². The molecule has 0 atom stereocenters. The van der Waals surface area contributed by atoms with E-state index in [1.165, 1.54) is 12.5 Å². The summed E-state index contributed by atoms with van der Waals surface area (Å²) in [5, 5.41) is 1.89. The maximum absolute atomic E-state index is 11.2. The summed E-state index contributed by atoms with van der Waals surface area (Å²) < 4.78 is 0. The molecule has 1 fully saturated rings. The zero-order valence-corrected chi connectivity index (χ0v) is 7.51. The smallest absolute Gasteiger partial charge is 0.269 e. The quantitative estimate of drug-likeness (QED) is 0.497. The van der Waals surface area contributed by atoms with Crippen molar-refractivity contribution in [1.82, 2.24) is 20.2 Å². The molecule has 1 N–H and O–H groups in total. The molecule has 0 aliphatic carbocycles. The van der Waals surface area contributed by atoms with Gasteiger partial charge in [-0.2, -0.15) is 0 Å². The molecule has 1 aliphatic heterocycles. The van der Waals surface area contributed by atoms with E-state index in [4.69, 9.17) is 0 Å². The van der Waals surface area contributed by atoms with E-state index in [1.807, 2.05) is 5.32 Å². The van der Waals surface area contributed by atoms with Crippen LogP contribution in [0.5, 0.6) is 0 Å². The Balaban J connectivity index is 2.16. The molecule has 76 valence electrons. The van der Waals surface area contributed by atoms with Gasteiger partial charge in [-0.05, 0) is 6.07 Å². The summed E-state index contributed by atoms with van der Waals surface area (Å²) in [5.74, 6) is -1.77. The molecule has 15 heavy (non-hydrogen) atoms. The third-order valence-electron chi connectivity index (χ3n) is 1.87. The number of amides is 4. The number of aromatic nitrogens is 2. The SMILES string of the molecule is O=C1NC(=O)N(Cc2ccncn2)C1=O. The van der Waals surface area contributed by atoms with Gasteiger partial charge < -0.3 is 0 Å². The topological polar surface area (TPSA) is 92.3 Å². The summed E-state index contributed by atoms with van der Waals surface area (Å²) in [6, 6.07) is 0.840. The van der Waals surface area contributed by atoms with Crippen LogP contribution in [-0.4, -0.2) is 32.7 Å². The Hall–Kier alpha value is -2.31. The molecular formula is C8H6N4O3. The van der Waals surface area contributed by atoms with Crippen molar-refractivity contribution in [1.29, 1.82) is 0 Å². The number of carbonyl (C=O) groups is 3. The number of hydrogen-bond acceptors (Lipinski definition) is 5. The summed E-state index contributed by atoms with van der Waals surface area (Å²) in [7, 11) is 0. The largest absolute Gasteiger partial charge is 0.331 e. The van der Waals surface area contributed by atoms with Gasteiger partial charge >= 0.3 is 17.8 Å². The second kappa shape index (κ2) is 3.45. The van der Waals surface area contributed by atoms with Crippen LogP contribution in [0.2, 0.25) is 0 Å². The van der Waals surface area contributed by atoms with Gasteiger partial charge in [0.15, 0.2) is 0 Å². The number of hydrogen-bond donors (Lipinski definition) is 1. The van der Waals surface area contributed by atoms with Gasteiger partial charge in [0.25, 0.3) is 0 Å². The molecule has 0 aromatic carbocycles. The number of imide groups is 2. The van der Waals surface area contributed by atoms with Gasteiger partial charge in [-0.3, -0.25) is 14.9 Å². The minimum absolute atomic E-state index is 0.0288. The molecule has 1 aliphatic rings. The number of nitrogens with zero attached hydrogens (tertiary/aromatic N) is 3. The highest BCUT2D eigenvalue weighted by molar-refractivity contribution is 6.44. The van der Waals surface area contributed by atoms with Crippen LogP contribution in [0.4, 0.5) is 4.79 Å². The molecule has 1 aromatic heterocycles. The van der Waals surface area contributed by atoms with Crippen LogP contribution in [-0.2, 0) is 16.1 Å². The first-order chi connectivity index (χ1) is 7.18. The van der Waals surface area contributed by atoms with Crippen molar-refractivity contribution in [3.63, 3.8) is 0 Å². The Morgan fingerprint density at radius 3 is 2.67 bits per heavy atom. The van der Waals surface area contributed by atoms with E-state index >= 15 is 0 Å². The Labute approximate surface area is 84.1 Å². The van der Waals surface area contributed by atoms with Gasteiger partial charge in [0.2, 0.25) is 0 Å². The van der Waals surface area contributed by atoms with Crippen molar-refractivity contribution >= 4 is 17.8 Å². The van der Waals surface area contributed by atoms with Crippen LogP contribution in [0, 0.1) is 0 Å². The first-order valence-corrected chi connectivity index (χ1v) is 4.10. The Bertz CT molecular complexity index is 431. The predicted octanol–water partition coefficient (Wildman–Crippen LogP) is -0.945. The van der Waals surface area contributed by atoms with E-state index in [-0.39, 0.29) is 6.54 Å². The molecule has 2 heterocycles. The van der Waals surface area contributed by atoms with E-state index in [0.29, 0.717) is 5.69 Å². The van der Waals surface area contributed by atoms with Gasteiger partial charge in [0.05, 0.1) is 12.2 Å². The first kappa shape index (κ1) is 9.25. The minimum Gasteiger partial charge on any atom is -0.269 e. The van der Waals surface area contributed by atoms with Crippen LogP contribution in [0.25, 0.3) is 0 Å². The monoisotopic (exact) mass is 206 g/mol. The van der Waals surface area contributed by atoms with Crippen LogP contribution in [0.1, 0.15) is 5.69 Å². The molecule has 1 saturated heterocycles. The zero-order valence-electron chi connectivity index (χ0n) is 7.51. The highest BCUT2D eigenvalue weighted by Gasteiger charge is 2.36. The van der Waals surface area contributed by atoms with Crippen molar-refractivity contribution in [3.05, 3.63) is 24.3 Å². The second-order valence-electron chi connectivity index (χ2n) is 2.85. The van der Waals surface area contributed by atoms with Crippen LogP contribution in [0.15, 0.2) is 18.6 Å². The van der Waals surface area contributed by atoms with Crippen molar-refractivity contribution in [2.75, 3.05) is 0 Å². The molecule has 7 nitrogen and oxygen atoms in total. The predicted molar refractivity (Wildman–Crippen MR) is 46.1 cm³/mol. The first-order valence-electron chi connectivity index (χ1n) is 4.10. The van der Waals surface area contributed by atoms with Gasteiger partial charge in [0.1, 0.15) is 6.33 Å². The standard InChI is InChI=1S/C8H6N4O3/c13-6-7(14)12(8(15)11-6)3-5-1-2-9-4-10-5/h1-2,4H,3H2,(H,11,13,15). The van der Waals surface area contributed by atoms with Crippen molar-refractivity contribution in [3.8, 4) is 0 Å². The van der Waals surface area contributed by atoms with Crippen molar-refractivity contribution < 1.29 is 14.4 Å². The van der Waals surface area contributed by atoms with Crippen LogP contribution >= 0.6 is 0 Å². The summed E-state index contributed by atoms with van der Waals surface area (Å²) in [4.78, 5) is 41.5. The Morgan fingerprint density at radius 2 is 2.13 bits per heavy atom. The summed E-state index contributed by atoms with van der Waals surface area (Å²) in [5.41, 5.74) is 0.489. The molecule has 2 rings (SSSR count). The molecule has 1 aromatic rings. The average molecular weight is 206 g/mol. The molecule has 0 saturated carbocycles. The second-order valence-corrected chi connectivity index (χ2v) is 2.85. The maximum atomic E-state index is 11.2. The van der Waals surface area contributed by atoms with Crippen molar-refractivity contribution in [2.24, 2.45) is 0 Å². The lowest BCUT2D eigenvalue weighted by molar-refractivity contribution is -0.140. The van der Waals surface area contributed by atoms with E-state index in [2.05, 4.69) is 9.97 Å². The number of nitrogens with one attached hydrogen (secondary N) is 1. The minimum atomic E-state index is -0.908. The third-order valence-corrected chi connectivity index (χ3v) is 1.87. The molecule has 0 spiro atoms. The van der Waals surface area contributed by atoms with Crippen LogP contribution in [0.3, 0.4) is 0 Å². The Kier molecular flexibility index (Phi) is 2.13. The lowest BCUT2D eigenvalue weighted by atomic mass is 10.4. The normalized spacial score (nSPS) is 15.7. The molecular weight excluding hydrogens is 200 g/mol. The molecule has 0 unspecified atom stereocenters. The zero-order chi connectivity index (χ0) is 10.8. The third kappa shape index (κ3) is 1.66. The van der Waals surface area contributed by atoms with Gasteiger partial charge in [0, 0.05) is 6.20 Å². The lowest BCUT2D eigenvalue weighted by Crippen LogP contribution is -2.30. The van der Waals surface area contributed by atoms with E-state index < -0.39 is 17.8 Å². The average Bonchev–Trinajstić information content (AvgIpc) is 2.47. The van der Waals surface area contributed by atoms with E-state index in [1.54, 1.807) is 6.07 Å². The molecule has 0 radical (unpaired) electrons. The summed E-state index contributed by atoms with van der Waals surface area (Å²) >= 11 is 0.